The van der Waals surface area contributed by atoms with E-state index in [4.69, 9.17) is 10.5 Å². The van der Waals surface area contributed by atoms with Gasteiger partial charge in [-0.05, 0) is 37.1 Å². The Bertz CT molecular complexity index is 373. The van der Waals surface area contributed by atoms with E-state index in [1.54, 1.807) is 7.11 Å². The van der Waals surface area contributed by atoms with Gasteiger partial charge in [0.15, 0.2) is 0 Å². The second-order valence-corrected chi connectivity index (χ2v) is 5.67. The summed E-state index contributed by atoms with van der Waals surface area (Å²) in [6, 6.07) is 8.99. The van der Waals surface area contributed by atoms with Gasteiger partial charge in [0, 0.05) is 19.7 Å². The molecule has 3 nitrogen and oxygen atoms in total. The maximum Gasteiger partial charge on any atom is 0.0713 e. The van der Waals surface area contributed by atoms with Crippen molar-refractivity contribution in [1.29, 1.82) is 0 Å². The Morgan fingerprint density at radius 3 is 2.33 bits per heavy atom. The molecule has 0 aliphatic heterocycles. The van der Waals surface area contributed by atoms with Crippen molar-refractivity contribution in [2.75, 3.05) is 26.7 Å². The van der Waals surface area contributed by atoms with Crippen molar-refractivity contribution in [2.45, 2.75) is 52.2 Å². The standard InChI is InChI=1S/C18H32N2O/c1-4-6-11-20(12-7-5-2)18(14-19)17-10-8-9-16(13-17)15-21-3/h8-10,13,18H,4-7,11-12,14-15,19H2,1-3H3. The first-order valence-corrected chi connectivity index (χ1v) is 8.28. The first kappa shape index (κ1) is 18.1. The predicted octanol–water partition coefficient (Wildman–Crippen LogP) is 3.74. The highest BCUT2D eigenvalue weighted by Crippen LogP contribution is 2.22. The van der Waals surface area contributed by atoms with Gasteiger partial charge >= 0.3 is 0 Å². The molecule has 1 unspecified atom stereocenters. The van der Waals surface area contributed by atoms with Crippen LogP contribution in [0.4, 0.5) is 0 Å². The fourth-order valence-corrected chi connectivity index (χ4v) is 2.70. The molecule has 0 heterocycles. The third-order valence-corrected chi connectivity index (χ3v) is 3.91. The number of methoxy groups -OCH3 is 1. The molecule has 0 bridgehead atoms. The van der Waals surface area contributed by atoms with Crippen molar-refractivity contribution in [1.82, 2.24) is 4.90 Å². The highest BCUT2D eigenvalue weighted by molar-refractivity contribution is 5.26. The highest BCUT2D eigenvalue weighted by atomic mass is 16.5. The third kappa shape index (κ3) is 6.16. The van der Waals surface area contributed by atoms with Gasteiger partial charge in [-0.2, -0.15) is 0 Å². The van der Waals surface area contributed by atoms with Crippen LogP contribution in [0.3, 0.4) is 0 Å². The van der Waals surface area contributed by atoms with Crippen molar-refractivity contribution < 1.29 is 4.74 Å². The Hall–Kier alpha value is -0.900. The van der Waals surface area contributed by atoms with Crippen LogP contribution in [0.5, 0.6) is 0 Å². The van der Waals surface area contributed by atoms with E-state index in [0.717, 1.165) is 13.1 Å². The van der Waals surface area contributed by atoms with Crippen LogP contribution in [0.1, 0.15) is 56.7 Å². The Balaban J connectivity index is 2.86. The van der Waals surface area contributed by atoms with Gasteiger partial charge in [0.2, 0.25) is 0 Å². The SMILES string of the molecule is CCCCN(CCCC)C(CN)c1cccc(COC)c1. The summed E-state index contributed by atoms with van der Waals surface area (Å²) in [7, 11) is 1.74. The lowest BCUT2D eigenvalue weighted by Crippen LogP contribution is -2.35. The summed E-state index contributed by atoms with van der Waals surface area (Å²) in [5, 5.41) is 0. The summed E-state index contributed by atoms with van der Waals surface area (Å²) in [5.74, 6) is 0. The van der Waals surface area contributed by atoms with Crippen LogP contribution in [-0.4, -0.2) is 31.6 Å². The van der Waals surface area contributed by atoms with Crippen molar-refractivity contribution in [2.24, 2.45) is 5.73 Å². The molecule has 0 fully saturated rings. The lowest BCUT2D eigenvalue weighted by Gasteiger charge is -2.31. The summed E-state index contributed by atoms with van der Waals surface area (Å²) in [5.41, 5.74) is 8.64. The number of unbranched alkanes of at least 4 members (excludes halogenated alkanes) is 2. The minimum absolute atomic E-state index is 0.319. The quantitative estimate of drug-likeness (QED) is 0.675. The molecule has 0 aliphatic rings. The summed E-state index contributed by atoms with van der Waals surface area (Å²) >= 11 is 0. The number of rotatable bonds is 11. The third-order valence-electron chi connectivity index (χ3n) is 3.91. The molecular formula is C18H32N2O. The molecule has 0 aliphatic carbocycles. The van der Waals surface area contributed by atoms with Gasteiger partial charge in [-0.15, -0.1) is 0 Å². The van der Waals surface area contributed by atoms with Gasteiger partial charge in [0.25, 0.3) is 0 Å². The summed E-state index contributed by atoms with van der Waals surface area (Å²) in [6.45, 7) is 8.09. The first-order valence-electron chi connectivity index (χ1n) is 8.28. The average molecular weight is 292 g/mol. The number of benzene rings is 1. The molecule has 0 amide bonds. The van der Waals surface area contributed by atoms with Crippen LogP contribution in [0.15, 0.2) is 24.3 Å². The molecular weight excluding hydrogens is 260 g/mol. The topological polar surface area (TPSA) is 38.5 Å². The molecule has 0 aromatic heterocycles. The average Bonchev–Trinajstić information content (AvgIpc) is 2.51. The molecule has 0 saturated heterocycles. The van der Waals surface area contributed by atoms with Crippen molar-refractivity contribution in [3.63, 3.8) is 0 Å². The highest BCUT2D eigenvalue weighted by Gasteiger charge is 2.18. The van der Waals surface area contributed by atoms with Crippen LogP contribution in [0.25, 0.3) is 0 Å². The molecule has 3 heteroatoms. The van der Waals surface area contributed by atoms with Crippen LogP contribution >= 0.6 is 0 Å². The van der Waals surface area contributed by atoms with Crippen molar-refractivity contribution in [3.05, 3.63) is 35.4 Å². The van der Waals surface area contributed by atoms with Crippen LogP contribution in [0, 0.1) is 0 Å². The lowest BCUT2D eigenvalue weighted by molar-refractivity contribution is 0.183. The second-order valence-electron chi connectivity index (χ2n) is 5.67. The number of nitrogens with two attached hydrogens (primary N) is 1. The van der Waals surface area contributed by atoms with E-state index >= 15 is 0 Å². The minimum atomic E-state index is 0.319. The van der Waals surface area contributed by atoms with E-state index < -0.39 is 0 Å². The van der Waals surface area contributed by atoms with Crippen LogP contribution < -0.4 is 5.73 Å². The second kappa shape index (κ2) is 10.8. The smallest absolute Gasteiger partial charge is 0.0713 e. The fourth-order valence-electron chi connectivity index (χ4n) is 2.70. The maximum absolute atomic E-state index is 6.10. The molecule has 1 atom stereocenters. The van der Waals surface area contributed by atoms with E-state index in [9.17, 15) is 0 Å². The predicted molar refractivity (Wildman–Crippen MR) is 90.3 cm³/mol. The van der Waals surface area contributed by atoms with Gasteiger partial charge in [0.05, 0.1) is 6.61 Å². The van der Waals surface area contributed by atoms with E-state index in [1.807, 2.05) is 0 Å². The summed E-state index contributed by atoms with van der Waals surface area (Å²) in [4.78, 5) is 2.55. The molecule has 2 N–H and O–H groups in total. The Morgan fingerprint density at radius 2 is 1.81 bits per heavy atom. The van der Waals surface area contributed by atoms with Gasteiger partial charge < -0.3 is 10.5 Å². The molecule has 120 valence electrons. The monoisotopic (exact) mass is 292 g/mol. The minimum Gasteiger partial charge on any atom is -0.380 e. The van der Waals surface area contributed by atoms with Gasteiger partial charge in [-0.25, -0.2) is 0 Å². The van der Waals surface area contributed by atoms with E-state index in [0.29, 0.717) is 19.2 Å². The van der Waals surface area contributed by atoms with E-state index in [2.05, 4.69) is 43.0 Å². The number of hydrogen-bond donors (Lipinski definition) is 1. The van der Waals surface area contributed by atoms with Crippen molar-refractivity contribution in [3.8, 4) is 0 Å². The number of hydrogen-bond acceptors (Lipinski definition) is 3. The Morgan fingerprint density at radius 1 is 1.14 bits per heavy atom. The largest absolute Gasteiger partial charge is 0.380 e. The van der Waals surface area contributed by atoms with Gasteiger partial charge in [0.1, 0.15) is 0 Å². The summed E-state index contributed by atoms with van der Waals surface area (Å²) < 4.78 is 5.24. The zero-order chi connectivity index (χ0) is 15.5. The maximum atomic E-state index is 6.10. The molecule has 0 saturated carbocycles. The number of nitrogens with zero attached hydrogens (tertiary/aromatic N) is 1. The zero-order valence-corrected chi connectivity index (χ0v) is 14.0. The van der Waals surface area contributed by atoms with Gasteiger partial charge in [-0.3, -0.25) is 4.90 Å². The molecule has 21 heavy (non-hydrogen) atoms. The zero-order valence-electron chi connectivity index (χ0n) is 14.0. The first-order chi connectivity index (χ1) is 10.3. The van der Waals surface area contributed by atoms with Crippen LogP contribution in [-0.2, 0) is 11.3 Å². The van der Waals surface area contributed by atoms with E-state index in [1.165, 1.54) is 36.8 Å². The normalized spacial score (nSPS) is 12.8. The molecule has 1 aromatic rings. The molecule has 1 aromatic carbocycles. The van der Waals surface area contributed by atoms with Crippen LogP contribution in [0.2, 0.25) is 0 Å². The molecule has 1 rings (SSSR count). The fraction of sp³-hybridized carbons (Fsp3) is 0.667. The van der Waals surface area contributed by atoms with E-state index in [-0.39, 0.29) is 0 Å². The van der Waals surface area contributed by atoms with Gasteiger partial charge in [-0.1, -0.05) is 51.0 Å². The lowest BCUT2D eigenvalue weighted by atomic mass is 10.0. The Labute approximate surface area is 130 Å². The molecule has 0 radical (unpaired) electrons. The number of ether oxygens (including phenoxy) is 1. The summed E-state index contributed by atoms with van der Waals surface area (Å²) in [6.07, 6.45) is 4.92. The molecule has 0 spiro atoms. The van der Waals surface area contributed by atoms with Crippen molar-refractivity contribution >= 4 is 0 Å². The Kier molecular flexibility index (Phi) is 9.31.